The van der Waals surface area contributed by atoms with Crippen molar-refractivity contribution in [2.24, 2.45) is 5.92 Å². The Balaban J connectivity index is 1.52. The van der Waals surface area contributed by atoms with Gasteiger partial charge < -0.3 is 14.9 Å². The molecular weight excluding hydrogens is 346 g/mol. The summed E-state index contributed by atoms with van der Waals surface area (Å²) in [6.07, 6.45) is 2.59. The zero-order valence-corrected chi connectivity index (χ0v) is 14.2. The number of carbonyl (C=O) groups is 2. The molecule has 1 amide bonds. The fourth-order valence-corrected chi connectivity index (χ4v) is 3.13. The van der Waals surface area contributed by atoms with E-state index in [1.165, 1.54) is 0 Å². The standard InChI is InChI=1S/C17H18ClN3O4/c18-11-6-4-10(5-7-11)16-20-15(25-21-16)9-8-14(22)19-13-3-1-2-12(13)17(23)24/h4-7,12-13H,1-3,8-9H2,(H,19,22)(H,23,24)/t12-,13+/m1/s1. The Morgan fingerprint density at radius 3 is 2.76 bits per heavy atom. The van der Waals surface area contributed by atoms with Crippen molar-refractivity contribution in [3.63, 3.8) is 0 Å². The molecule has 1 aromatic carbocycles. The first-order valence-electron chi connectivity index (χ1n) is 8.13. The summed E-state index contributed by atoms with van der Waals surface area (Å²) >= 11 is 5.84. The van der Waals surface area contributed by atoms with Gasteiger partial charge in [0, 0.05) is 29.5 Å². The molecule has 1 saturated carbocycles. The van der Waals surface area contributed by atoms with E-state index in [2.05, 4.69) is 15.5 Å². The molecule has 2 atom stereocenters. The Bertz CT molecular complexity index is 760. The lowest BCUT2D eigenvalue weighted by Gasteiger charge is -2.17. The molecule has 0 unspecified atom stereocenters. The Labute approximate surface area is 149 Å². The molecule has 8 heteroatoms. The molecule has 1 heterocycles. The van der Waals surface area contributed by atoms with E-state index in [9.17, 15) is 9.59 Å². The van der Waals surface area contributed by atoms with Crippen molar-refractivity contribution < 1.29 is 19.2 Å². The van der Waals surface area contributed by atoms with Crippen LogP contribution in [0.25, 0.3) is 11.4 Å². The largest absolute Gasteiger partial charge is 0.481 e. The summed E-state index contributed by atoms with van der Waals surface area (Å²) < 4.78 is 5.16. The highest BCUT2D eigenvalue weighted by molar-refractivity contribution is 6.30. The number of carboxylic acids is 1. The van der Waals surface area contributed by atoms with Gasteiger partial charge in [-0.2, -0.15) is 4.98 Å². The molecule has 0 saturated heterocycles. The van der Waals surface area contributed by atoms with Gasteiger partial charge in [0.15, 0.2) is 0 Å². The van der Waals surface area contributed by atoms with Gasteiger partial charge in [-0.15, -0.1) is 0 Å². The summed E-state index contributed by atoms with van der Waals surface area (Å²) in [7, 11) is 0. The third-order valence-corrected chi connectivity index (χ3v) is 4.57. The second-order valence-electron chi connectivity index (χ2n) is 6.07. The van der Waals surface area contributed by atoms with E-state index in [0.29, 0.717) is 36.0 Å². The van der Waals surface area contributed by atoms with E-state index in [-0.39, 0.29) is 18.4 Å². The predicted molar refractivity (Wildman–Crippen MR) is 90.0 cm³/mol. The number of rotatable bonds is 6. The summed E-state index contributed by atoms with van der Waals surface area (Å²) in [6, 6.07) is 6.75. The van der Waals surface area contributed by atoms with E-state index >= 15 is 0 Å². The first-order chi connectivity index (χ1) is 12.0. The van der Waals surface area contributed by atoms with Crippen LogP contribution in [-0.2, 0) is 16.0 Å². The Kier molecular flexibility index (Phi) is 5.33. The molecule has 7 nitrogen and oxygen atoms in total. The Hall–Kier alpha value is -2.41. The average Bonchev–Trinajstić information content (AvgIpc) is 3.23. The molecule has 25 heavy (non-hydrogen) atoms. The lowest BCUT2D eigenvalue weighted by Crippen LogP contribution is -2.40. The number of aliphatic carboxylic acids is 1. The molecular formula is C17H18ClN3O4. The number of benzene rings is 1. The van der Waals surface area contributed by atoms with Gasteiger partial charge >= 0.3 is 5.97 Å². The second-order valence-corrected chi connectivity index (χ2v) is 6.50. The molecule has 1 aliphatic carbocycles. The molecule has 0 bridgehead atoms. The van der Waals surface area contributed by atoms with E-state index in [4.69, 9.17) is 21.2 Å². The minimum absolute atomic E-state index is 0.172. The number of amides is 1. The molecule has 1 aromatic heterocycles. The van der Waals surface area contributed by atoms with Crippen molar-refractivity contribution in [3.05, 3.63) is 35.2 Å². The monoisotopic (exact) mass is 363 g/mol. The number of nitrogens with one attached hydrogen (secondary N) is 1. The highest BCUT2D eigenvalue weighted by atomic mass is 35.5. The van der Waals surface area contributed by atoms with E-state index < -0.39 is 11.9 Å². The summed E-state index contributed by atoms with van der Waals surface area (Å²) in [4.78, 5) is 27.4. The summed E-state index contributed by atoms with van der Waals surface area (Å²) in [5, 5.41) is 16.5. The molecule has 3 rings (SSSR count). The lowest BCUT2D eigenvalue weighted by atomic mass is 10.0. The van der Waals surface area contributed by atoms with Gasteiger partial charge in [0.1, 0.15) is 0 Å². The van der Waals surface area contributed by atoms with Crippen molar-refractivity contribution in [2.75, 3.05) is 0 Å². The van der Waals surface area contributed by atoms with E-state index in [1.807, 2.05) is 0 Å². The van der Waals surface area contributed by atoms with Gasteiger partial charge in [-0.1, -0.05) is 23.2 Å². The van der Waals surface area contributed by atoms with Crippen LogP contribution >= 0.6 is 11.6 Å². The summed E-state index contributed by atoms with van der Waals surface area (Å²) in [6.45, 7) is 0. The van der Waals surface area contributed by atoms with Gasteiger partial charge in [0.05, 0.1) is 5.92 Å². The molecule has 0 aliphatic heterocycles. The minimum atomic E-state index is -0.854. The van der Waals surface area contributed by atoms with Gasteiger partial charge in [-0.3, -0.25) is 9.59 Å². The van der Waals surface area contributed by atoms with Gasteiger partial charge in [0.2, 0.25) is 17.6 Å². The number of hydrogen-bond donors (Lipinski definition) is 2. The minimum Gasteiger partial charge on any atom is -0.481 e. The number of halogens is 1. The van der Waals surface area contributed by atoms with Crippen molar-refractivity contribution >= 4 is 23.5 Å². The molecule has 1 aliphatic rings. The zero-order chi connectivity index (χ0) is 17.8. The van der Waals surface area contributed by atoms with Crippen LogP contribution in [0.4, 0.5) is 0 Å². The maximum Gasteiger partial charge on any atom is 0.308 e. The zero-order valence-electron chi connectivity index (χ0n) is 13.4. The van der Waals surface area contributed by atoms with Gasteiger partial charge in [-0.05, 0) is 37.1 Å². The lowest BCUT2D eigenvalue weighted by molar-refractivity contribution is -0.142. The second kappa shape index (κ2) is 7.65. The van der Waals surface area contributed by atoms with Crippen LogP contribution < -0.4 is 5.32 Å². The number of hydrogen-bond acceptors (Lipinski definition) is 5. The van der Waals surface area contributed by atoms with Crippen molar-refractivity contribution in [1.29, 1.82) is 0 Å². The van der Waals surface area contributed by atoms with Gasteiger partial charge in [0.25, 0.3) is 0 Å². The maximum atomic E-state index is 12.0. The molecule has 2 aromatic rings. The number of aromatic nitrogens is 2. The number of carboxylic acid groups (broad SMARTS) is 1. The van der Waals surface area contributed by atoms with Crippen LogP contribution in [0.5, 0.6) is 0 Å². The number of nitrogens with zero attached hydrogens (tertiary/aromatic N) is 2. The van der Waals surface area contributed by atoms with Gasteiger partial charge in [-0.25, -0.2) is 0 Å². The first-order valence-corrected chi connectivity index (χ1v) is 8.51. The first kappa shape index (κ1) is 17.4. The SMILES string of the molecule is O=C(CCc1nc(-c2ccc(Cl)cc2)no1)N[C@H]1CCC[C@H]1C(=O)O. The normalized spacial score (nSPS) is 19.7. The number of carbonyl (C=O) groups excluding carboxylic acids is 1. The summed E-state index contributed by atoms with van der Waals surface area (Å²) in [5.41, 5.74) is 0.777. The van der Waals surface area contributed by atoms with Crippen LogP contribution in [0.3, 0.4) is 0 Å². The highest BCUT2D eigenvalue weighted by Gasteiger charge is 2.33. The van der Waals surface area contributed by atoms with E-state index in [0.717, 1.165) is 12.0 Å². The average molecular weight is 364 g/mol. The molecule has 2 N–H and O–H groups in total. The highest BCUT2D eigenvalue weighted by Crippen LogP contribution is 2.26. The topological polar surface area (TPSA) is 105 Å². The molecule has 0 spiro atoms. The quantitative estimate of drug-likeness (QED) is 0.817. The molecule has 1 fully saturated rings. The fraction of sp³-hybridized carbons (Fsp3) is 0.412. The smallest absolute Gasteiger partial charge is 0.308 e. The fourth-order valence-electron chi connectivity index (χ4n) is 3.00. The molecule has 132 valence electrons. The molecule has 0 radical (unpaired) electrons. The maximum absolute atomic E-state index is 12.0. The third kappa shape index (κ3) is 4.36. The van der Waals surface area contributed by atoms with Crippen LogP contribution in [0.1, 0.15) is 31.6 Å². The summed E-state index contributed by atoms with van der Waals surface area (Å²) in [5.74, 6) is -0.754. The predicted octanol–water partition coefficient (Wildman–Crippen LogP) is 2.69. The number of aryl methyl sites for hydroxylation is 1. The third-order valence-electron chi connectivity index (χ3n) is 4.32. The van der Waals surface area contributed by atoms with E-state index in [1.54, 1.807) is 24.3 Å². The van der Waals surface area contributed by atoms with Crippen molar-refractivity contribution in [3.8, 4) is 11.4 Å². The van der Waals surface area contributed by atoms with Crippen LogP contribution in [-0.4, -0.2) is 33.2 Å². The van der Waals surface area contributed by atoms with Crippen LogP contribution in [0, 0.1) is 5.92 Å². The van der Waals surface area contributed by atoms with Crippen molar-refractivity contribution in [2.45, 2.75) is 38.1 Å². The van der Waals surface area contributed by atoms with Crippen molar-refractivity contribution in [1.82, 2.24) is 15.5 Å². The Morgan fingerprint density at radius 2 is 2.04 bits per heavy atom. The van der Waals surface area contributed by atoms with Crippen LogP contribution in [0.2, 0.25) is 5.02 Å². The van der Waals surface area contributed by atoms with Crippen LogP contribution in [0.15, 0.2) is 28.8 Å². The Morgan fingerprint density at radius 1 is 1.28 bits per heavy atom.